The fourth-order valence-corrected chi connectivity index (χ4v) is 3.66. The Morgan fingerprint density at radius 3 is 2.68 bits per heavy atom. The highest BCUT2D eigenvalue weighted by atomic mass is 16.5. The standard InChI is InChI=1S/C18H22N2O5/c21-15(19-18(11-17(23)24)8-3-4-9-18)7-10-20-13-5-1-2-6-14(13)25-12-16(20)22/h1-2,5-6H,3-4,7-12H2,(H,19,21)(H,23,24). The number of hydrogen-bond donors (Lipinski definition) is 2. The van der Waals surface area contributed by atoms with Crippen LogP contribution in [0.1, 0.15) is 38.5 Å². The van der Waals surface area contributed by atoms with Gasteiger partial charge in [0.05, 0.1) is 17.6 Å². The molecule has 0 radical (unpaired) electrons. The van der Waals surface area contributed by atoms with Crippen LogP contribution in [0.5, 0.6) is 5.75 Å². The lowest BCUT2D eigenvalue weighted by molar-refractivity contribution is -0.139. The maximum Gasteiger partial charge on any atom is 0.305 e. The molecule has 2 aliphatic rings. The molecule has 1 heterocycles. The number of anilines is 1. The van der Waals surface area contributed by atoms with E-state index in [1.54, 1.807) is 17.0 Å². The van der Waals surface area contributed by atoms with Gasteiger partial charge in [0, 0.05) is 13.0 Å². The van der Waals surface area contributed by atoms with Crippen LogP contribution in [0.3, 0.4) is 0 Å². The van der Waals surface area contributed by atoms with Gasteiger partial charge in [-0.2, -0.15) is 0 Å². The molecule has 0 aromatic heterocycles. The Morgan fingerprint density at radius 1 is 1.24 bits per heavy atom. The lowest BCUT2D eigenvalue weighted by Crippen LogP contribution is -2.49. The lowest BCUT2D eigenvalue weighted by Gasteiger charge is -2.31. The Bertz CT molecular complexity index is 682. The minimum Gasteiger partial charge on any atom is -0.482 e. The molecule has 25 heavy (non-hydrogen) atoms. The Kier molecular flexibility index (Phi) is 4.92. The Hall–Kier alpha value is -2.57. The molecular formula is C18H22N2O5. The average Bonchev–Trinajstić information content (AvgIpc) is 3.01. The van der Waals surface area contributed by atoms with Crippen molar-refractivity contribution in [2.75, 3.05) is 18.1 Å². The van der Waals surface area contributed by atoms with Crippen molar-refractivity contribution in [3.63, 3.8) is 0 Å². The van der Waals surface area contributed by atoms with E-state index in [2.05, 4.69) is 5.32 Å². The van der Waals surface area contributed by atoms with Crippen molar-refractivity contribution in [2.24, 2.45) is 0 Å². The third kappa shape index (κ3) is 3.92. The molecule has 7 heteroatoms. The molecule has 0 atom stereocenters. The summed E-state index contributed by atoms with van der Waals surface area (Å²) in [5.41, 5.74) is 0.0169. The zero-order valence-corrected chi connectivity index (χ0v) is 14.0. The van der Waals surface area contributed by atoms with E-state index in [9.17, 15) is 14.4 Å². The predicted molar refractivity (Wildman–Crippen MR) is 90.5 cm³/mol. The topological polar surface area (TPSA) is 95.9 Å². The number of nitrogens with zero attached hydrogens (tertiary/aromatic N) is 1. The van der Waals surface area contributed by atoms with E-state index in [1.807, 2.05) is 12.1 Å². The fraction of sp³-hybridized carbons (Fsp3) is 0.500. The van der Waals surface area contributed by atoms with E-state index < -0.39 is 11.5 Å². The zero-order chi connectivity index (χ0) is 17.9. The fourth-order valence-electron chi connectivity index (χ4n) is 3.66. The van der Waals surface area contributed by atoms with Gasteiger partial charge < -0.3 is 20.1 Å². The quantitative estimate of drug-likeness (QED) is 0.817. The monoisotopic (exact) mass is 346 g/mol. The van der Waals surface area contributed by atoms with Crippen LogP contribution < -0.4 is 15.0 Å². The number of rotatable bonds is 6. The maximum absolute atomic E-state index is 12.4. The molecule has 1 saturated carbocycles. The number of aliphatic carboxylic acids is 1. The minimum atomic E-state index is -0.903. The van der Waals surface area contributed by atoms with Gasteiger partial charge in [0.15, 0.2) is 6.61 Å². The number of carboxylic acids is 1. The maximum atomic E-state index is 12.4. The molecular weight excluding hydrogens is 324 g/mol. The molecule has 1 aromatic carbocycles. The van der Waals surface area contributed by atoms with Crippen molar-refractivity contribution >= 4 is 23.5 Å². The molecule has 3 rings (SSSR count). The zero-order valence-electron chi connectivity index (χ0n) is 14.0. The van der Waals surface area contributed by atoms with Gasteiger partial charge in [-0.25, -0.2) is 0 Å². The Morgan fingerprint density at radius 2 is 1.96 bits per heavy atom. The molecule has 1 aliphatic heterocycles. The van der Waals surface area contributed by atoms with E-state index in [0.29, 0.717) is 24.3 Å². The first kappa shape index (κ1) is 17.3. The summed E-state index contributed by atoms with van der Waals surface area (Å²) in [6, 6.07) is 7.21. The number of carbonyl (C=O) groups is 3. The van der Waals surface area contributed by atoms with Crippen LogP contribution in [-0.2, 0) is 14.4 Å². The normalized spacial score (nSPS) is 18.4. The SMILES string of the molecule is O=C(O)CC1(NC(=O)CCN2C(=O)COc3ccccc32)CCCC1. The van der Waals surface area contributed by atoms with Crippen molar-refractivity contribution in [2.45, 2.75) is 44.1 Å². The summed E-state index contributed by atoms with van der Waals surface area (Å²) in [5.74, 6) is -0.687. The first-order valence-corrected chi connectivity index (χ1v) is 8.54. The summed E-state index contributed by atoms with van der Waals surface area (Å²) in [5, 5.41) is 12.0. The molecule has 0 unspecified atom stereocenters. The Labute approximate surface area is 146 Å². The van der Waals surface area contributed by atoms with Crippen molar-refractivity contribution in [3.8, 4) is 5.75 Å². The molecule has 1 aliphatic carbocycles. The van der Waals surface area contributed by atoms with Gasteiger partial charge >= 0.3 is 5.97 Å². The second-order valence-electron chi connectivity index (χ2n) is 6.66. The highest BCUT2D eigenvalue weighted by Crippen LogP contribution is 2.33. The van der Waals surface area contributed by atoms with Crippen LogP contribution in [0.15, 0.2) is 24.3 Å². The molecule has 0 saturated heterocycles. The number of fused-ring (bicyclic) bond motifs is 1. The van der Waals surface area contributed by atoms with Gasteiger partial charge in [0.1, 0.15) is 5.75 Å². The molecule has 0 spiro atoms. The van der Waals surface area contributed by atoms with Crippen LogP contribution >= 0.6 is 0 Å². The predicted octanol–water partition coefficient (Wildman–Crippen LogP) is 1.71. The number of para-hydroxylation sites is 2. The average molecular weight is 346 g/mol. The molecule has 2 N–H and O–H groups in total. The number of nitrogens with one attached hydrogen (secondary N) is 1. The number of amides is 2. The van der Waals surface area contributed by atoms with Gasteiger partial charge in [0.2, 0.25) is 5.91 Å². The van der Waals surface area contributed by atoms with Crippen molar-refractivity contribution < 1.29 is 24.2 Å². The summed E-state index contributed by atoms with van der Waals surface area (Å²) < 4.78 is 5.38. The van der Waals surface area contributed by atoms with Crippen LogP contribution in [0, 0.1) is 0 Å². The van der Waals surface area contributed by atoms with Gasteiger partial charge in [-0.15, -0.1) is 0 Å². The van der Waals surface area contributed by atoms with Crippen LogP contribution in [-0.4, -0.2) is 41.6 Å². The van der Waals surface area contributed by atoms with Crippen LogP contribution in [0.2, 0.25) is 0 Å². The molecule has 1 aromatic rings. The largest absolute Gasteiger partial charge is 0.482 e. The van der Waals surface area contributed by atoms with Crippen molar-refractivity contribution in [1.29, 1.82) is 0 Å². The third-order valence-electron chi connectivity index (χ3n) is 4.83. The van der Waals surface area contributed by atoms with Crippen LogP contribution in [0.25, 0.3) is 0 Å². The molecule has 7 nitrogen and oxygen atoms in total. The summed E-state index contributed by atoms with van der Waals surface area (Å²) in [6.45, 7) is 0.204. The second-order valence-corrected chi connectivity index (χ2v) is 6.66. The molecule has 1 fully saturated rings. The smallest absolute Gasteiger partial charge is 0.305 e. The second kappa shape index (κ2) is 7.13. The Balaban J connectivity index is 1.62. The van der Waals surface area contributed by atoms with Crippen LogP contribution in [0.4, 0.5) is 5.69 Å². The minimum absolute atomic E-state index is 0.0401. The van der Waals surface area contributed by atoms with E-state index in [-0.39, 0.29) is 37.8 Å². The van der Waals surface area contributed by atoms with Crippen molar-refractivity contribution in [1.82, 2.24) is 5.32 Å². The van der Waals surface area contributed by atoms with E-state index in [4.69, 9.17) is 9.84 Å². The molecule has 2 amide bonds. The summed E-state index contributed by atoms with van der Waals surface area (Å²) in [6.07, 6.45) is 3.28. The lowest BCUT2D eigenvalue weighted by atomic mass is 9.93. The van der Waals surface area contributed by atoms with Crippen molar-refractivity contribution in [3.05, 3.63) is 24.3 Å². The number of benzene rings is 1. The molecule has 0 bridgehead atoms. The number of hydrogen-bond acceptors (Lipinski definition) is 4. The third-order valence-corrected chi connectivity index (χ3v) is 4.83. The highest BCUT2D eigenvalue weighted by Gasteiger charge is 2.37. The summed E-state index contributed by atoms with van der Waals surface area (Å²) in [4.78, 5) is 37.1. The van der Waals surface area contributed by atoms with E-state index >= 15 is 0 Å². The van der Waals surface area contributed by atoms with E-state index in [0.717, 1.165) is 12.8 Å². The highest BCUT2D eigenvalue weighted by molar-refractivity contribution is 5.98. The first-order valence-electron chi connectivity index (χ1n) is 8.54. The van der Waals surface area contributed by atoms with Gasteiger partial charge in [-0.3, -0.25) is 14.4 Å². The number of carbonyl (C=O) groups excluding carboxylic acids is 2. The van der Waals surface area contributed by atoms with Gasteiger partial charge in [-0.1, -0.05) is 25.0 Å². The first-order chi connectivity index (χ1) is 12.0. The van der Waals surface area contributed by atoms with E-state index in [1.165, 1.54) is 0 Å². The molecule has 134 valence electrons. The summed E-state index contributed by atoms with van der Waals surface area (Å²) >= 11 is 0. The number of carboxylic acid groups (broad SMARTS) is 1. The number of ether oxygens (including phenoxy) is 1. The summed E-state index contributed by atoms with van der Waals surface area (Å²) in [7, 11) is 0. The van der Waals surface area contributed by atoms with Gasteiger partial charge in [0.25, 0.3) is 5.91 Å². The van der Waals surface area contributed by atoms with Gasteiger partial charge in [-0.05, 0) is 25.0 Å².